The topological polar surface area (TPSA) is 248 Å². The van der Waals surface area contributed by atoms with Crippen LogP contribution in [0.1, 0.15) is 130 Å². The fourth-order valence-corrected chi connectivity index (χ4v) is 21.4. The molecule has 4 spiro atoms. The molecule has 9 aliphatic carbocycles. The first kappa shape index (κ1) is 57.0. The summed E-state index contributed by atoms with van der Waals surface area (Å²) in [5.74, 6) is 5.29. The Morgan fingerprint density at radius 3 is 1.36 bits per heavy atom. The smallest absolute Gasteiger partial charge is 0.210 e. The lowest BCUT2D eigenvalue weighted by atomic mass is 9.48. The number of nitrogens with zero attached hydrogens (tertiary/aromatic N) is 3. The molecule has 20 heteroatoms. The van der Waals surface area contributed by atoms with Crippen LogP contribution in [0.25, 0.3) is 0 Å². The highest BCUT2D eigenvalue weighted by atomic mass is 16.8. The van der Waals surface area contributed by atoms with Crippen LogP contribution in [-0.4, -0.2) is 214 Å². The number of carbonyl (C=O) groups is 2. The summed E-state index contributed by atoms with van der Waals surface area (Å²) in [5.41, 5.74) is 1.97. The van der Waals surface area contributed by atoms with Crippen molar-refractivity contribution in [2.75, 3.05) is 67.2 Å². The monoisotopic (exact) mass is 1230 g/mol. The number of aliphatic hydroxyl groups excluding tert-OH is 3. The van der Waals surface area contributed by atoms with Gasteiger partial charge in [-0.25, -0.2) is 0 Å². The molecular formula is C69H85N3O17. The van der Waals surface area contributed by atoms with E-state index in [1.54, 1.807) is 21.3 Å². The van der Waals surface area contributed by atoms with Gasteiger partial charge in [-0.2, -0.15) is 0 Å². The summed E-state index contributed by atoms with van der Waals surface area (Å²) in [6.07, 6.45) is 7.85. The number of benzene rings is 3. The Balaban J connectivity index is 0.000000102. The van der Waals surface area contributed by atoms with Crippen LogP contribution in [0.5, 0.6) is 34.5 Å². The van der Waals surface area contributed by atoms with E-state index in [1.807, 2.05) is 18.2 Å². The molecule has 17 aliphatic rings. The van der Waals surface area contributed by atoms with Gasteiger partial charge in [0.15, 0.2) is 70.7 Å². The Bertz CT molecular complexity index is 3330. The van der Waals surface area contributed by atoms with Gasteiger partial charge >= 0.3 is 0 Å². The number of piperidine rings is 3. The highest BCUT2D eigenvalue weighted by Crippen LogP contribution is 2.71. The number of likely N-dealkylation sites (tertiary alicyclic amines) is 3. The quantitative estimate of drug-likeness (QED) is 0.170. The van der Waals surface area contributed by atoms with Gasteiger partial charge in [0.2, 0.25) is 5.79 Å². The largest absolute Gasteiger partial charge is 0.493 e. The summed E-state index contributed by atoms with van der Waals surface area (Å²) < 4.78 is 54.9. The molecule has 18 atom stereocenters. The van der Waals surface area contributed by atoms with E-state index < -0.39 is 94.5 Å². The SMILES string of the molecule is COc1ccc2c3c1OC1C(=O)CC[C@@]4(O)[C@@H](C2)N(CC2CC2)CC[C@]314.COc1ccc2c3c1OC1C(=O)CC[C@@]4(O)[C@@H](C2)N(CC2CC2)CC[C@]314.COc1ccc2c3c1OC1[C@]4(CC[C@@]5(O)[C@@H](C2)N(CC2CC2)CC[C@]315)OC1O[C@H](CO)[C@@H](O)[C@H](O)C1O4. The number of fused-ring (bicyclic) bond motifs is 2. The predicted molar refractivity (Wildman–Crippen MR) is 315 cm³/mol. The van der Waals surface area contributed by atoms with Gasteiger partial charge in [-0.15, -0.1) is 0 Å². The molecule has 8 heterocycles. The Hall–Kier alpha value is -4.68. The molecule has 0 amide bonds. The van der Waals surface area contributed by atoms with Gasteiger partial charge in [0.1, 0.15) is 24.4 Å². The number of ketones is 2. The Kier molecular flexibility index (Phi) is 12.5. The van der Waals surface area contributed by atoms with E-state index >= 15 is 0 Å². The minimum absolute atomic E-state index is 0.0387. The Morgan fingerprint density at radius 2 is 0.933 bits per heavy atom. The summed E-state index contributed by atoms with van der Waals surface area (Å²) in [6.45, 7) is 5.44. The van der Waals surface area contributed by atoms with Gasteiger partial charge in [0, 0.05) is 73.7 Å². The number of Topliss-reactive ketones (excluding diaryl/α,β-unsaturated/α-hetero) is 2. The van der Waals surface area contributed by atoms with Gasteiger partial charge in [-0.3, -0.25) is 24.3 Å². The maximum absolute atomic E-state index is 12.8. The molecule has 3 aromatic carbocycles. The van der Waals surface area contributed by atoms with Gasteiger partial charge < -0.3 is 73.3 Å². The van der Waals surface area contributed by atoms with Crippen molar-refractivity contribution in [1.29, 1.82) is 0 Å². The van der Waals surface area contributed by atoms with E-state index in [0.29, 0.717) is 85.4 Å². The van der Waals surface area contributed by atoms with Gasteiger partial charge in [0.05, 0.1) is 61.0 Å². The number of hydrogen-bond acceptors (Lipinski definition) is 20. The van der Waals surface area contributed by atoms with E-state index in [1.165, 1.54) is 49.7 Å². The second kappa shape index (κ2) is 19.5. The number of methoxy groups -OCH3 is 3. The molecule has 8 aliphatic heterocycles. The molecule has 89 heavy (non-hydrogen) atoms. The van der Waals surface area contributed by atoms with Crippen molar-refractivity contribution in [3.8, 4) is 34.5 Å². The summed E-state index contributed by atoms with van der Waals surface area (Å²) in [6, 6.07) is 12.3. The first-order valence-electron chi connectivity index (χ1n) is 33.6. The zero-order valence-corrected chi connectivity index (χ0v) is 51.2. The average molecular weight is 1230 g/mol. The van der Waals surface area contributed by atoms with Crippen LogP contribution >= 0.6 is 0 Å². The van der Waals surface area contributed by atoms with Crippen molar-refractivity contribution >= 4 is 11.6 Å². The molecule has 6 N–H and O–H groups in total. The number of carbonyl (C=O) groups excluding carboxylic acids is 2. The summed E-state index contributed by atoms with van der Waals surface area (Å²) in [7, 11) is 4.89. The Morgan fingerprint density at radius 1 is 0.517 bits per heavy atom. The van der Waals surface area contributed by atoms with Crippen molar-refractivity contribution in [1.82, 2.24) is 14.7 Å². The minimum Gasteiger partial charge on any atom is -0.493 e. The lowest BCUT2D eigenvalue weighted by molar-refractivity contribution is -0.317. The molecule has 11 fully saturated rings. The van der Waals surface area contributed by atoms with Crippen molar-refractivity contribution < 1.29 is 82.9 Å². The van der Waals surface area contributed by atoms with E-state index in [9.17, 15) is 40.2 Å². The lowest BCUT2D eigenvalue weighted by Crippen LogP contribution is -2.79. The van der Waals surface area contributed by atoms with Gasteiger partial charge in [-0.05, 0) is 169 Å². The van der Waals surface area contributed by atoms with Crippen LogP contribution in [0.15, 0.2) is 36.4 Å². The number of rotatable bonds is 10. The number of aliphatic hydroxyl groups is 6. The standard InChI is InChI=1S/C27H35NO9.2C21H25NO4/c1-33-15-5-4-14-10-17-26(32)6-7-27(36-22-20(31)19(30)16(12-29)34-23(22)37-27)24-25(26,18(14)21(15)35-24)8-9-28(17)11-13-2-3-13;2*1-25-15-5-4-13-10-16-21(24)7-6-14(23)19-20(21,17(13)18(15)26-19)8-9-22(16)11-12-2-3-12/h4-5,13,16-17,19-20,22-24,29-32H,2-3,6-12H2,1H3;2*4-5,12,16,19,24H,2-3,6-11H2,1H3/t16-,17-,19-,20+,22?,23?,24?,25+,26-,27+;2*16-,19?,20+,21-/m111/s1. The fourth-order valence-electron chi connectivity index (χ4n) is 21.4. The molecule has 5 saturated heterocycles. The summed E-state index contributed by atoms with van der Waals surface area (Å²) >= 11 is 0. The van der Waals surface area contributed by atoms with Crippen LogP contribution in [0.3, 0.4) is 0 Å². The van der Waals surface area contributed by atoms with Crippen molar-refractivity contribution in [3.05, 3.63) is 69.8 Å². The van der Waals surface area contributed by atoms with E-state index in [2.05, 4.69) is 32.9 Å². The van der Waals surface area contributed by atoms with E-state index in [0.717, 1.165) is 105 Å². The third-order valence-corrected chi connectivity index (χ3v) is 26.0. The molecule has 6 bridgehead atoms. The molecule has 0 radical (unpaired) electrons. The van der Waals surface area contributed by atoms with Crippen LogP contribution in [0.2, 0.25) is 0 Å². The van der Waals surface area contributed by atoms with E-state index in [-0.39, 0.29) is 29.7 Å². The summed E-state index contributed by atoms with van der Waals surface area (Å²) in [5, 5.41) is 67.9. The molecule has 5 unspecified atom stereocenters. The molecular weight excluding hydrogens is 1140 g/mol. The molecule has 6 saturated carbocycles. The predicted octanol–water partition coefficient (Wildman–Crippen LogP) is 3.47. The van der Waals surface area contributed by atoms with Crippen LogP contribution < -0.4 is 28.4 Å². The first-order chi connectivity index (χ1) is 43.0. The first-order valence-corrected chi connectivity index (χ1v) is 33.6. The lowest BCUT2D eigenvalue weighted by Gasteiger charge is -2.65. The minimum atomic E-state index is -1.30. The average Bonchev–Trinajstić information content (AvgIpc) is 1.58. The third-order valence-electron chi connectivity index (χ3n) is 26.0. The number of hydrogen-bond donors (Lipinski definition) is 6. The maximum Gasteiger partial charge on any atom is 0.210 e. The van der Waals surface area contributed by atoms with Crippen LogP contribution in [0.4, 0.5) is 0 Å². The highest BCUT2D eigenvalue weighted by Gasteiger charge is 2.80. The van der Waals surface area contributed by atoms with E-state index in [4.69, 9.17) is 42.6 Å². The zero-order chi connectivity index (χ0) is 60.7. The zero-order valence-electron chi connectivity index (χ0n) is 51.2. The van der Waals surface area contributed by atoms with Crippen LogP contribution in [-0.2, 0) is 59.3 Å². The highest BCUT2D eigenvalue weighted by molar-refractivity contribution is 5.91. The maximum atomic E-state index is 12.8. The van der Waals surface area contributed by atoms with Crippen molar-refractivity contribution in [2.24, 2.45) is 17.8 Å². The van der Waals surface area contributed by atoms with Gasteiger partial charge in [-0.1, -0.05) is 18.2 Å². The molecule has 478 valence electrons. The second-order valence-corrected chi connectivity index (χ2v) is 29.9. The summed E-state index contributed by atoms with van der Waals surface area (Å²) in [4.78, 5) is 33.2. The molecule has 3 aromatic rings. The van der Waals surface area contributed by atoms with Gasteiger partial charge in [0.25, 0.3) is 0 Å². The normalized spacial score (nSPS) is 44.0. The van der Waals surface area contributed by atoms with Crippen molar-refractivity contribution in [2.45, 2.75) is 222 Å². The fraction of sp³-hybridized carbons (Fsp3) is 0.710. The van der Waals surface area contributed by atoms with Crippen molar-refractivity contribution in [3.63, 3.8) is 0 Å². The molecule has 20 rings (SSSR count). The number of ether oxygens (including phenoxy) is 9. The Labute approximate surface area is 517 Å². The molecule has 20 nitrogen and oxygen atoms in total. The second-order valence-electron chi connectivity index (χ2n) is 29.9. The third kappa shape index (κ3) is 7.38. The molecule has 0 aromatic heterocycles. The van der Waals surface area contributed by atoms with Crippen LogP contribution in [0, 0.1) is 17.8 Å².